The number of hydrogen-bond acceptors (Lipinski definition) is 4. The molecule has 0 spiro atoms. The van der Waals surface area contributed by atoms with Gasteiger partial charge in [-0.05, 0) is 70.1 Å². The lowest BCUT2D eigenvalue weighted by Crippen LogP contribution is -2.51. The Morgan fingerprint density at radius 3 is 1.87 bits per heavy atom. The van der Waals surface area contributed by atoms with Crippen molar-refractivity contribution in [1.82, 2.24) is 10.3 Å². The molecule has 1 heterocycles. The quantitative estimate of drug-likeness (QED) is 0.110. The van der Waals surface area contributed by atoms with Crippen molar-refractivity contribution in [3.05, 3.63) is 41.7 Å². The zero-order valence-electron chi connectivity index (χ0n) is 11.3. The monoisotopic (exact) mass is 571 g/mol. The first-order valence-corrected chi connectivity index (χ1v) is 9.30. The van der Waals surface area contributed by atoms with Gasteiger partial charge in [-0.25, -0.2) is 5.84 Å². The first kappa shape index (κ1) is 18.8. The Hall–Kier alpha value is -0.550. The maximum atomic E-state index is 12.7. The van der Waals surface area contributed by atoms with Crippen LogP contribution in [0.5, 0.6) is 0 Å². The van der Waals surface area contributed by atoms with Gasteiger partial charge in [0.05, 0.1) is 11.1 Å². The second-order valence-corrected chi connectivity index (χ2v) is 7.71. The average molecular weight is 575 g/mol. The Morgan fingerprint density at radius 1 is 1.09 bits per heavy atom. The maximum absolute atomic E-state index is 12.7. The first-order valence-electron chi connectivity index (χ1n) is 6.13. The smallest absolute Gasteiger partial charge is 0.263 e. The standard InChI is InChI=1S/C13H9Br4N3O3/c1-2-3-4(11(21)19-18)20-12(22)5-6(13(20)23)8(15)10(17)9(16)7(5)14/h2,4H,1,3,18H2,(H,19,21). The predicted octanol–water partition coefficient (Wildman–Crippen LogP) is 3.27. The Morgan fingerprint density at radius 2 is 1.52 bits per heavy atom. The maximum Gasteiger partial charge on any atom is 0.263 e. The molecule has 122 valence electrons. The summed E-state index contributed by atoms with van der Waals surface area (Å²) >= 11 is 13.3. The summed E-state index contributed by atoms with van der Waals surface area (Å²) < 4.78 is 2.01. The van der Waals surface area contributed by atoms with Gasteiger partial charge in [0, 0.05) is 17.9 Å². The van der Waals surface area contributed by atoms with Crippen molar-refractivity contribution in [2.24, 2.45) is 5.84 Å². The minimum atomic E-state index is -1.07. The SMILES string of the molecule is C=CCC(C(=O)NN)N1C(=O)c2c(Br)c(Br)c(Br)c(Br)c2C1=O. The van der Waals surface area contributed by atoms with E-state index in [4.69, 9.17) is 5.84 Å². The second kappa shape index (κ2) is 7.14. The van der Waals surface area contributed by atoms with E-state index in [0.717, 1.165) is 4.90 Å². The van der Waals surface area contributed by atoms with Crippen LogP contribution in [0.2, 0.25) is 0 Å². The van der Waals surface area contributed by atoms with E-state index in [9.17, 15) is 14.4 Å². The van der Waals surface area contributed by atoms with Gasteiger partial charge in [0.25, 0.3) is 17.7 Å². The predicted molar refractivity (Wildman–Crippen MR) is 98.7 cm³/mol. The third-order valence-electron chi connectivity index (χ3n) is 3.28. The summed E-state index contributed by atoms with van der Waals surface area (Å²) in [6, 6.07) is -1.07. The molecule has 0 saturated heterocycles. The molecular formula is C13H9Br4N3O3. The van der Waals surface area contributed by atoms with Crippen LogP contribution < -0.4 is 11.3 Å². The zero-order valence-corrected chi connectivity index (χ0v) is 17.7. The lowest BCUT2D eigenvalue weighted by Gasteiger charge is -2.23. The third-order valence-corrected chi connectivity index (χ3v) is 8.05. The summed E-state index contributed by atoms with van der Waals surface area (Å²) in [6.07, 6.45) is 1.53. The van der Waals surface area contributed by atoms with Crippen molar-refractivity contribution in [3.63, 3.8) is 0 Å². The van der Waals surface area contributed by atoms with Crippen LogP contribution in [0.3, 0.4) is 0 Å². The molecule has 1 aromatic carbocycles. The van der Waals surface area contributed by atoms with Gasteiger partial charge in [-0.3, -0.25) is 24.7 Å². The molecule has 0 radical (unpaired) electrons. The average Bonchev–Trinajstić information content (AvgIpc) is 2.79. The van der Waals surface area contributed by atoms with Crippen LogP contribution in [0.1, 0.15) is 27.1 Å². The molecular weight excluding hydrogens is 566 g/mol. The number of carbonyl (C=O) groups excluding carboxylic acids is 3. The fourth-order valence-electron chi connectivity index (χ4n) is 2.23. The van der Waals surface area contributed by atoms with Crippen molar-refractivity contribution in [3.8, 4) is 0 Å². The molecule has 2 rings (SSSR count). The van der Waals surface area contributed by atoms with Gasteiger partial charge >= 0.3 is 0 Å². The van der Waals surface area contributed by atoms with Gasteiger partial charge in [-0.2, -0.15) is 0 Å². The highest BCUT2D eigenvalue weighted by molar-refractivity contribution is 9.15. The number of nitrogens with two attached hydrogens (primary N) is 1. The van der Waals surface area contributed by atoms with Gasteiger partial charge in [0.1, 0.15) is 6.04 Å². The van der Waals surface area contributed by atoms with Crippen molar-refractivity contribution < 1.29 is 14.4 Å². The van der Waals surface area contributed by atoms with Gasteiger partial charge in [-0.1, -0.05) is 6.08 Å². The van der Waals surface area contributed by atoms with E-state index < -0.39 is 23.8 Å². The minimum Gasteiger partial charge on any atom is -0.292 e. The summed E-state index contributed by atoms with van der Waals surface area (Å²) in [5.41, 5.74) is 2.33. The van der Waals surface area contributed by atoms with Gasteiger partial charge < -0.3 is 0 Å². The summed E-state index contributed by atoms with van der Waals surface area (Å²) in [7, 11) is 0. The first-order chi connectivity index (χ1) is 10.8. The summed E-state index contributed by atoms with van der Waals surface area (Å²) in [6.45, 7) is 3.55. The number of halogens is 4. The highest BCUT2D eigenvalue weighted by Crippen LogP contribution is 2.45. The van der Waals surface area contributed by atoms with Gasteiger partial charge in [0.15, 0.2) is 0 Å². The number of amides is 3. The minimum absolute atomic E-state index is 0.0894. The molecule has 23 heavy (non-hydrogen) atoms. The number of hydrazine groups is 1. The summed E-state index contributed by atoms with van der Waals surface area (Å²) in [5.74, 6) is 3.35. The number of fused-ring (bicyclic) bond motifs is 1. The Balaban J connectivity index is 2.66. The van der Waals surface area contributed by atoms with Crippen LogP contribution in [0.15, 0.2) is 30.5 Å². The van der Waals surface area contributed by atoms with Crippen LogP contribution in [0.25, 0.3) is 0 Å². The molecule has 1 atom stereocenters. The molecule has 10 heteroatoms. The lowest BCUT2D eigenvalue weighted by atomic mass is 10.1. The molecule has 0 bridgehead atoms. The molecule has 3 amide bonds. The molecule has 0 aromatic heterocycles. The fourth-order valence-corrected chi connectivity index (χ4v) is 4.69. The van der Waals surface area contributed by atoms with Gasteiger partial charge in [0.2, 0.25) is 0 Å². The van der Waals surface area contributed by atoms with Crippen LogP contribution in [0.4, 0.5) is 0 Å². The fraction of sp³-hybridized carbons (Fsp3) is 0.154. The molecule has 1 aliphatic rings. The van der Waals surface area contributed by atoms with Gasteiger partial charge in [-0.15, -0.1) is 6.58 Å². The number of imide groups is 1. The van der Waals surface area contributed by atoms with Crippen LogP contribution >= 0.6 is 63.7 Å². The number of nitrogens with one attached hydrogen (secondary N) is 1. The van der Waals surface area contributed by atoms with Crippen LogP contribution in [-0.4, -0.2) is 28.7 Å². The lowest BCUT2D eigenvalue weighted by molar-refractivity contribution is -0.125. The second-order valence-electron chi connectivity index (χ2n) is 4.53. The Bertz CT molecular complexity index is 704. The number of rotatable bonds is 4. The molecule has 0 fully saturated rings. The largest absolute Gasteiger partial charge is 0.292 e. The molecule has 0 aliphatic carbocycles. The summed E-state index contributed by atoms with van der Waals surface area (Å²) in [5, 5.41) is 0. The Labute approximate surface area is 165 Å². The van der Waals surface area contributed by atoms with E-state index in [0.29, 0.717) is 17.9 Å². The van der Waals surface area contributed by atoms with E-state index in [1.807, 2.05) is 5.43 Å². The van der Waals surface area contributed by atoms with E-state index in [1.165, 1.54) is 6.08 Å². The molecule has 3 N–H and O–H groups in total. The molecule has 0 saturated carbocycles. The normalized spacial score (nSPS) is 14.7. The van der Waals surface area contributed by atoms with Crippen molar-refractivity contribution in [1.29, 1.82) is 0 Å². The molecule has 1 aliphatic heterocycles. The van der Waals surface area contributed by atoms with Crippen molar-refractivity contribution in [2.75, 3.05) is 0 Å². The van der Waals surface area contributed by atoms with Crippen LogP contribution in [-0.2, 0) is 4.79 Å². The molecule has 6 nitrogen and oxygen atoms in total. The van der Waals surface area contributed by atoms with E-state index in [1.54, 1.807) is 0 Å². The topological polar surface area (TPSA) is 92.5 Å². The van der Waals surface area contributed by atoms with Crippen LogP contribution in [0, 0.1) is 0 Å². The number of hydrogen-bond donors (Lipinski definition) is 2. The van der Waals surface area contributed by atoms with E-state index in [-0.39, 0.29) is 17.5 Å². The van der Waals surface area contributed by atoms with Crippen molar-refractivity contribution >= 4 is 81.4 Å². The number of carbonyl (C=O) groups is 3. The highest BCUT2D eigenvalue weighted by Gasteiger charge is 2.45. The number of nitrogens with zero attached hydrogens (tertiary/aromatic N) is 1. The molecule has 1 unspecified atom stereocenters. The molecule has 1 aromatic rings. The number of benzene rings is 1. The van der Waals surface area contributed by atoms with Crippen molar-refractivity contribution in [2.45, 2.75) is 12.5 Å². The third kappa shape index (κ3) is 2.95. The van der Waals surface area contributed by atoms with E-state index >= 15 is 0 Å². The Kier molecular flexibility index (Phi) is 5.83. The summed E-state index contributed by atoms with van der Waals surface area (Å²) in [4.78, 5) is 38.3. The highest BCUT2D eigenvalue weighted by atomic mass is 79.9. The zero-order chi connectivity index (χ0) is 17.5. The van der Waals surface area contributed by atoms with E-state index in [2.05, 4.69) is 70.3 Å².